The van der Waals surface area contributed by atoms with Crippen LogP contribution in [-0.4, -0.2) is 53.5 Å². The number of carboxylic acids is 1. The van der Waals surface area contributed by atoms with Crippen LogP contribution in [0.1, 0.15) is 26.7 Å². The minimum atomic E-state index is -1.00. The number of aliphatic carboxylic acids is 1. The van der Waals surface area contributed by atoms with Crippen molar-refractivity contribution in [3.63, 3.8) is 0 Å². The predicted octanol–water partition coefficient (Wildman–Crippen LogP) is -0.838. The van der Waals surface area contributed by atoms with Crippen molar-refractivity contribution in [2.24, 2.45) is 5.73 Å². The Bertz CT molecular complexity index is 317. The van der Waals surface area contributed by atoms with E-state index < -0.39 is 17.9 Å². The van der Waals surface area contributed by atoms with Gasteiger partial charge in [-0.05, 0) is 20.3 Å². The second-order valence-corrected chi connectivity index (χ2v) is 4.46. The number of nitrogens with one attached hydrogen (secondary N) is 1. The molecule has 0 saturated heterocycles. The number of hydrogen-bond donors (Lipinski definition) is 3. The number of carbonyl (C=O) groups excluding carboxylic acids is 2. The molecule has 0 aromatic heterocycles. The van der Waals surface area contributed by atoms with Crippen molar-refractivity contribution in [3.05, 3.63) is 0 Å². The quantitative estimate of drug-likeness (QED) is 0.552. The van der Waals surface area contributed by atoms with E-state index in [1.165, 1.54) is 11.9 Å². The van der Waals surface area contributed by atoms with Gasteiger partial charge in [0.1, 0.15) is 0 Å². The summed E-state index contributed by atoms with van der Waals surface area (Å²) in [5, 5.41) is 11.1. The molecule has 1 unspecified atom stereocenters. The van der Waals surface area contributed by atoms with Gasteiger partial charge in [-0.3, -0.25) is 14.4 Å². The fraction of sp³-hybridized carbons (Fsp3) is 0.727. The fourth-order valence-corrected chi connectivity index (χ4v) is 1.35. The number of carbonyl (C=O) groups is 3. The molecule has 7 nitrogen and oxygen atoms in total. The van der Waals surface area contributed by atoms with Crippen LogP contribution in [0.4, 0.5) is 0 Å². The molecular formula is C11H21N3O4. The summed E-state index contributed by atoms with van der Waals surface area (Å²) in [5.74, 6) is -1.71. The Hall–Kier alpha value is -1.63. The lowest BCUT2D eigenvalue weighted by atomic mass is 10.1. The standard InChI is InChI=1S/C11H21N3O4/c1-7(2)13-9(15)6-14(3)11(18)8(12)4-5-10(16)17/h7-8H,4-6,12H2,1-3H3,(H,13,15)(H,16,17). The van der Waals surface area contributed by atoms with Crippen LogP contribution in [-0.2, 0) is 14.4 Å². The third-order valence-corrected chi connectivity index (χ3v) is 2.19. The maximum atomic E-state index is 11.7. The lowest BCUT2D eigenvalue weighted by molar-refractivity contribution is -0.138. The van der Waals surface area contributed by atoms with Gasteiger partial charge in [0.25, 0.3) is 0 Å². The van der Waals surface area contributed by atoms with Crippen LogP contribution in [0.25, 0.3) is 0 Å². The van der Waals surface area contributed by atoms with E-state index in [1.54, 1.807) is 0 Å². The van der Waals surface area contributed by atoms with Gasteiger partial charge in [0.15, 0.2) is 0 Å². The molecule has 0 heterocycles. The average molecular weight is 259 g/mol. The van der Waals surface area contributed by atoms with Crippen LogP contribution in [0.15, 0.2) is 0 Å². The first-order valence-corrected chi connectivity index (χ1v) is 5.75. The fourth-order valence-electron chi connectivity index (χ4n) is 1.35. The van der Waals surface area contributed by atoms with E-state index in [4.69, 9.17) is 10.8 Å². The van der Waals surface area contributed by atoms with E-state index in [0.29, 0.717) is 0 Å². The first kappa shape index (κ1) is 16.4. The zero-order chi connectivity index (χ0) is 14.3. The molecule has 104 valence electrons. The summed E-state index contributed by atoms with van der Waals surface area (Å²) >= 11 is 0. The molecule has 0 aromatic rings. The van der Waals surface area contributed by atoms with Crippen molar-refractivity contribution in [3.8, 4) is 0 Å². The molecule has 18 heavy (non-hydrogen) atoms. The van der Waals surface area contributed by atoms with Crippen LogP contribution in [0.2, 0.25) is 0 Å². The third-order valence-electron chi connectivity index (χ3n) is 2.19. The number of rotatable bonds is 7. The van der Waals surface area contributed by atoms with Crippen molar-refractivity contribution in [1.29, 1.82) is 0 Å². The number of amides is 2. The molecule has 1 atom stereocenters. The molecule has 4 N–H and O–H groups in total. The van der Waals surface area contributed by atoms with Crippen molar-refractivity contribution in [1.82, 2.24) is 10.2 Å². The van der Waals surface area contributed by atoms with Crippen LogP contribution < -0.4 is 11.1 Å². The maximum Gasteiger partial charge on any atom is 0.303 e. The van der Waals surface area contributed by atoms with Gasteiger partial charge >= 0.3 is 5.97 Å². The molecule has 0 rings (SSSR count). The lowest BCUT2D eigenvalue weighted by Gasteiger charge is -2.21. The molecule has 0 spiro atoms. The van der Waals surface area contributed by atoms with E-state index in [0.717, 1.165) is 0 Å². The minimum Gasteiger partial charge on any atom is -0.481 e. The maximum absolute atomic E-state index is 11.7. The topological polar surface area (TPSA) is 113 Å². The Kier molecular flexibility index (Phi) is 6.96. The molecule has 0 saturated carbocycles. The highest BCUT2D eigenvalue weighted by Crippen LogP contribution is 1.99. The number of nitrogens with zero attached hydrogens (tertiary/aromatic N) is 1. The molecule has 7 heteroatoms. The molecule has 0 aliphatic carbocycles. The van der Waals surface area contributed by atoms with Gasteiger partial charge in [0, 0.05) is 19.5 Å². The molecule has 0 aliphatic rings. The summed E-state index contributed by atoms with van der Waals surface area (Å²) in [7, 11) is 1.46. The molecular weight excluding hydrogens is 238 g/mol. The highest BCUT2D eigenvalue weighted by Gasteiger charge is 2.20. The summed E-state index contributed by atoms with van der Waals surface area (Å²) in [6.45, 7) is 3.55. The first-order chi connectivity index (χ1) is 8.23. The van der Waals surface area contributed by atoms with Gasteiger partial charge in [0.05, 0.1) is 12.6 Å². The van der Waals surface area contributed by atoms with Gasteiger partial charge in [-0.2, -0.15) is 0 Å². The van der Waals surface area contributed by atoms with E-state index in [9.17, 15) is 14.4 Å². The Morgan fingerprint density at radius 1 is 1.33 bits per heavy atom. The second-order valence-electron chi connectivity index (χ2n) is 4.46. The predicted molar refractivity (Wildman–Crippen MR) is 65.8 cm³/mol. The van der Waals surface area contributed by atoms with Crippen molar-refractivity contribution < 1.29 is 19.5 Å². The van der Waals surface area contributed by atoms with E-state index in [1.807, 2.05) is 13.8 Å². The molecule has 2 amide bonds. The van der Waals surface area contributed by atoms with Crippen LogP contribution in [0.5, 0.6) is 0 Å². The first-order valence-electron chi connectivity index (χ1n) is 5.75. The molecule has 0 radical (unpaired) electrons. The van der Waals surface area contributed by atoms with Gasteiger partial charge in [-0.1, -0.05) is 0 Å². The highest BCUT2D eigenvalue weighted by atomic mass is 16.4. The second kappa shape index (κ2) is 7.65. The monoisotopic (exact) mass is 259 g/mol. The summed E-state index contributed by atoms with van der Waals surface area (Å²) in [5.41, 5.74) is 5.56. The molecule has 0 aliphatic heterocycles. The van der Waals surface area contributed by atoms with E-state index in [2.05, 4.69) is 5.32 Å². The largest absolute Gasteiger partial charge is 0.481 e. The minimum absolute atomic E-state index is 0.00156. The Morgan fingerprint density at radius 2 is 1.89 bits per heavy atom. The van der Waals surface area contributed by atoms with Crippen molar-refractivity contribution in [2.45, 2.75) is 38.8 Å². The normalized spacial score (nSPS) is 12.1. The lowest BCUT2D eigenvalue weighted by Crippen LogP contribution is -2.47. The van der Waals surface area contributed by atoms with Gasteiger partial charge in [-0.15, -0.1) is 0 Å². The van der Waals surface area contributed by atoms with E-state index in [-0.39, 0.29) is 31.3 Å². The van der Waals surface area contributed by atoms with Crippen LogP contribution in [0.3, 0.4) is 0 Å². The zero-order valence-corrected chi connectivity index (χ0v) is 11.0. The number of likely N-dealkylation sites (N-methyl/N-ethyl adjacent to an activating group) is 1. The summed E-state index contributed by atoms with van der Waals surface area (Å²) in [6, 6.07) is -0.889. The van der Waals surface area contributed by atoms with E-state index >= 15 is 0 Å². The van der Waals surface area contributed by atoms with Gasteiger partial charge in [-0.25, -0.2) is 0 Å². The van der Waals surface area contributed by atoms with Gasteiger partial charge in [0.2, 0.25) is 11.8 Å². The van der Waals surface area contributed by atoms with Gasteiger partial charge < -0.3 is 21.1 Å². The van der Waals surface area contributed by atoms with Crippen LogP contribution >= 0.6 is 0 Å². The Balaban J connectivity index is 4.16. The SMILES string of the molecule is CC(C)NC(=O)CN(C)C(=O)C(N)CCC(=O)O. The summed E-state index contributed by atoms with van der Waals surface area (Å²) in [6.07, 6.45) is -0.108. The molecule has 0 bridgehead atoms. The summed E-state index contributed by atoms with van der Waals surface area (Å²) < 4.78 is 0. The third kappa shape index (κ3) is 6.85. The Labute approximate surface area is 106 Å². The molecule has 0 aromatic carbocycles. The Morgan fingerprint density at radius 3 is 2.33 bits per heavy atom. The van der Waals surface area contributed by atoms with Crippen molar-refractivity contribution >= 4 is 17.8 Å². The number of hydrogen-bond acceptors (Lipinski definition) is 4. The number of carboxylic acid groups (broad SMARTS) is 1. The zero-order valence-electron chi connectivity index (χ0n) is 11.0. The average Bonchev–Trinajstić information content (AvgIpc) is 2.23. The van der Waals surface area contributed by atoms with Crippen molar-refractivity contribution in [2.75, 3.05) is 13.6 Å². The molecule has 0 fully saturated rings. The highest BCUT2D eigenvalue weighted by molar-refractivity contribution is 5.87. The number of nitrogens with two attached hydrogens (primary N) is 1. The summed E-state index contributed by atoms with van der Waals surface area (Å²) in [4.78, 5) is 34.7. The van der Waals surface area contributed by atoms with Crippen LogP contribution in [0, 0.1) is 0 Å². The smallest absolute Gasteiger partial charge is 0.303 e.